The van der Waals surface area contributed by atoms with Gasteiger partial charge in [0.2, 0.25) is 0 Å². The third kappa shape index (κ3) is 5.48. The second-order valence-electron chi connectivity index (χ2n) is 7.17. The van der Waals surface area contributed by atoms with Gasteiger partial charge in [-0.05, 0) is 36.8 Å². The van der Waals surface area contributed by atoms with Crippen LogP contribution in [0.1, 0.15) is 5.56 Å². The Morgan fingerprint density at radius 2 is 1.80 bits per heavy atom. The van der Waals surface area contributed by atoms with E-state index in [2.05, 4.69) is 20.4 Å². The van der Waals surface area contributed by atoms with Gasteiger partial charge in [-0.15, -0.1) is 0 Å². The number of hydrogen-bond donors (Lipinski definition) is 2. The second-order valence-corrected chi connectivity index (χ2v) is 7.17. The molecule has 1 fully saturated rings. The molecule has 160 valence electrons. The predicted molar refractivity (Wildman–Crippen MR) is 114 cm³/mol. The molecule has 0 saturated carbocycles. The number of piperazine rings is 1. The quantitative estimate of drug-likeness (QED) is 0.708. The molecule has 2 aromatic carbocycles. The normalized spacial score (nSPS) is 14.3. The van der Waals surface area contributed by atoms with Crippen molar-refractivity contribution in [1.29, 1.82) is 0 Å². The van der Waals surface area contributed by atoms with Crippen LogP contribution in [0.4, 0.5) is 15.8 Å². The van der Waals surface area contributed by atoms with Gasteiger partial charge in [-0.25, -0.2) is 4.39 Å². The maximum atomic E-state index is 13.5. The fraction of sp³-hybridized carbons (Fsp3) is 0.364. The Kier molecular flexibility index (Phi) is 7.24. The van der Waals surface area contributed by atoms with Crippen LogP contribution < -0.4 is 20.3 Å². The number of methoxy groups -OCH3 is 1. The van der Waals surface area contributed by atoms with E-state index in [4.69, 9.17) is 4.74 Å². The second kappa shape index (κ2) is 10.1. The lowest BCUT2D eigenvalue weighted by Gasteiger charge is -2.36. The number of carbonyl (C=O) groups is 2. The first-order chi connectivity index (χ1) is 14.5. The molecule has 0 aliphatic carbocycles. The Bertz CT molecular complexity index is 898. The number of carbonyl (C=O) groups excluding carboxylic acids is 2. The molecule has 1 aliphatic heterocycles. The zero-order chi connectivity index (χ0) is 21.5. The first-order valence-corrected chi connectivity index (χ1v) is 9.93. The zero-order valence-electron chi connectivity index (χ0n) is 17.3. The van der Waals surface area contributed by atoms with Crippen LogP contribution in [0.5, 0.6) is 5.75 Å². The van der Waals surface area contributed by atoms with E-state index < -0.39 is 17.6 Å². The van der Waals surface area contributed by atoms with Crippen LogP contribution in [0.25, 0.3) is 0 Å². The van der Waals surface area contributed by atoms with E-state index in [1.165, 1.54) is 6.07 Å². The molecule has 3 rings (SSSR count). The van der Waals surface area contributed by atoms with Gasteiger partial charge in [-0.3, -0.25) is 14.5 Å². The van der Waals surface area contributed by atoms with E-state index in [-0.39, 0.29) is 5.69 Å². The number of nitrogens with zero attached hydrogens (tertiary/aromatic N) is 2. The smallest absolute Gasteiger partial charge is 0.313 e. The molecule has 0 radical (unpaired) electrons. The van der Waals surface area contributed by atoms with E-state index in [1.807, 2.05) is 24.3 Å². The molecule has 2 N–H and O–H groups in total. The van der Waals surface area contributed by atoms with E-state index in [1.54, 1.807) is 26.2 Å². The minimum Gasteiger partial charge on any atom is -0.495 e. The third-order valence-electron chi connectivity index (χ3n) is 5.15. The summed E-state index contributed by atoms with van der Waals surface area (Å²) >= 11 is 0. The summed E-state index contributed by atoms with van der Waals surface area (Å²) in [6, 6.07) is 12.3. The number of amides is 2. The molecule has 2 amide bonds. The molecule has 0 atom stereocenters. The fourth-order valence-corrected chi connectivity index (χ4v) is 3.37. The van der Waals surface area contributed by atoms with Crippen molar-refractivity contribution in [2.45, 2.75) is 6.92 Å². The van der Waals surface area contributed by atoms with E-state index in [0.717, 1.165) is 37.6 Å². The van der Waals surface area contributed by atoms with Crippen molar-refractivity contribution in [3.05, 3.63) is 53.8 Å². The summed E-state index contributed by atoms with van der Waals surface area (Å²) in [6.07, 6.45) is 0. The van der Waals surface area contributed by atoms with Crippen LogP contribution >= 0.6 is 0 Å². The number of ether oxygens (including phenoxy) is 1. The highest BCUT2D eigenvalue weighted by Gasteiger charge is 2.20. The molecule has 1 saturated heterocycles. The molecule has 30 heavy (non-hydrogen) atoms. The van der Waals surface area contributed by atoms with Crippen LogP contribution in [0.2, 0.25) is 0 Å². The summed E-state index contributed by atoms with van der Waals surface area (Å²) in [5, 5.41) is 5.03. The number of anilines is 2. The number of aryl methyl sites for hydroxylation is 1. The lowest BCUT2D eigenvalue weighted by molar-refractivity contribution is -0.136. The number of halogens is 1. The number of benzene rings is 2. The van der Waals surface area contributed by atoms with Crippen LogP contribution in [-0.4, -0.2) is 63.1 Å². The molecule has 1 aliphatic rings. The van der Waals surface area contributed by atoms with Crippen molar-refractivity contribution in [3.63, 3.8) is 0 Å². The van der Waals surface area contributed by atoms with Crippen LogP contribution in [0.3, 0.4) is 0 Å². The highest BCUT2D eigenvalue weighted by molar-refractivity contribution is 6.39. The summed E-state index contributed by atoms with van der Waals surface area (Å²) in [6.45, 7) is 6.05. The van der Waals surface area contributed by atoms with Crippen molar-refractivity contribution < 1.29 is 18.7 Å². The number of para-hydroxylation sites is 2. The average Bonchev–Trinajstić information content (AvgIpc) is 2.76. The molecule has 0 bridgehead atoms. The van der Waals surface area contributed by atoms with Gasteiger partial charge >= 0.3 is 11.8 Å². The third-order valence-corrected chi connectivity index (χ3v) is 5.15. The highest BCUT2D eigenvalue weighted by Crippen LogP contribution is 2.28. The molecule has 8 heteroatoms. The fourth-order valence-electron chi connectivity index (χ4n) is 3.37. The molecule has 0 spiro atoms. The van der Waals surface area contributed by atoms with Gasteiger partial charge in [0.15, 0.2) is 0 Å². The Hall–Kier alpha value is -3.13. The largest absolute Gasteiger partial charge is 0.495 e. The summed E-state index contributed by atoms with van der Waals surface area (Å²) in [5.74, 6) is -1.11. The van der Waals surface area contributed by atoms with Gasteiger partial charge in [0.1, 0.15) is 11.6 Å². The van der Waals surface area contributed by atoms with E-state index in [9.17, 15) is 14.0 Å². The van der Waals surface area contributed by atoms with Gasteiger partial charge < -0.3 is 20.3 Å². The van der Waals surface area contributed by atoms with Gasteiger partial charge in [0.25, 0.3) is 0 Å². The van der Waals surface area contributed by atoms with Gasteiger partial charge in [0.05, 0.1) is 12.8 Å². The van der Waals surface area contributed by atoms with Crippen LogP contribution in [0.15, 0.2) is 42.5 Å². The van der Waals surface area contributed by atoms with Crippen molar-refractivity contribution >= 4 is 23.2 Å². The summed E-state index contributed by atoms with van der Waals surface area (Å²) in [7, 11) is 1.67. The lowest BCUT2D eigenvalue weighted by Crippen LogP contribution is -2.49. The summed E-state index contributed by atoms with van der Waals surface area (Å²) < 4.78 is 19.0. The monoisotopic (exact) mass is 414 g/mol. The van der Waals surface area contributed by atoms with Crippen LogP contribution in [-0.2, 0) is 9.59 Å². The Balaban J connectivity index is 1.40. The SMILES string of the molecule is COc1ccccc1N1CCN(CCNC(=O)C(=O)Nc2ccc(C)c(F)c2)CC1. The summed E-state index contributed by atoms with van der Waals surface area (Å²) in [5.41, 5.74) is 1.81. The van der Waals surface area contributed by atoms with Gasteiger partial charge in [0, 0.05) is 45.0 Å². The minimum absolute atomic E-state index is 0.255. The Labute approximate surface area is 175 Å². The molecule has 2 aromatic rings. The molecular formula is C22H27FN4O3. The first kappa shape index (κ1) is 21.6. The van der Waals surface area contributed by atoms with Crippen molar-refractivity contribution in [3.8, 4) is 5.75 Å². The predicted octanol–water partition coefficient (Wildman–Crippen LogP) is 2.02. The van der Waals surface area contributed by atoms with Gasteiger partial charge in [-0.2, -0.15) is 0 Å². The molecule has 0 unspecified atom stereocenters. The Morgan fingerprint density at radius 3 is 2.50 bits per heavy atom. The maximum Gasteiger partial charge on any atom is 0.313 e. The number of nitrogens with one attached hydrogen (secondary N) is 2. The van der Waals surface area contributed by atoms with Crippen LogP contribution in [0, 0.1) is 12.7 Å². The number of hydrogen-bond acceptors (Lipinski definition) is 5. The van der Waals surface area contributed by atoms with Crippen molar-refractivity contribution in [2.24, 2.45) is 0 Å². The van der Waals surface area contributed by atoms with Crippen molar-refractivity contribution in [1.82, 2.24) is 10.2 Å². The van der Waals surface area contributed by atoms with E-state index >= 15 is 0 Å². The topological polar surface area (TPSA) is 73.9 Å². The summed E-state index contributed by atoms with van der Waals surface area (Å²) in [4.78, 5) is 28.5. The standard InChI is InChI=1S/C22H27FN4O3/c1-16-7-8-17(15-18(16)23)25-22(29)21(28)24-9-10-26-11-13-27(14-12-26)19-5-3-4-6-20(19)30-2/h3-8,15H,9-14H2,1-2H3,(H,24,28)(H,25,29). The number of rotatable bonds is 6. The van der Waals surface area contributed by atoms with Crippen molar-refractivity contribution in [2.75, 3.05) is 56.6 Å². The lowest BCUT2D eigenvalue weighted by atomic mass is 10.2. The van der Waals surface area contributed by atoms with Gasteiger partial charge in [-0.1, -0.05) is 18.2 Å². The minimum atomic E-state index is -0.806. The Morgan fingerprint density at radius 1 is 1.07 bits per heavy atom. The van der Waals surface area contributed by atoms with E-state index in [0.29, 0.717) is 18.7 Å². The average molecular weight is 414 g/mol. The molecule has 0 aromatic heterocycles. The maximum absolute atomic E-state index is 13.5. The first-order valence-electron chi connectivity index (χ1n) is 9.93. The molecule has 1 heterocycles. The molecule has 7 nitrogen and oxygen atoms in total. The zero-order valence-corrected chi connectivity index (χ0v) is 17.3. The highest BCUT2D eigenvalue weighted by atomic mass is 19.1. The molecular weight excluding hydrogens is 387 g/mol.